The Morgan fingerprint density at radius 3 is 2.46 bits per heavy atom. The van der Waals surface area contributed by atoms with E-state index < -0.39 is 0 Å². The highest BCUT2D eigenvalue weighted by Gasteiger charge is 2.10. The van der Waals surface area contributed by atoms with Gasteiger partial charge in [-0.3, -0.25) is 10.1 Å². The van der Waals surface area contributed by atoms with Crippen LogP contribution in [0.1, 0.15) is 35.3 Å². The molecule has 0 aromatic heterocycles. The number of benzene rings is 2. The molecule has 5 heteroatoms. The van der Waals surface area contributed by atoms with Crippen molar-refractivity contribution in [1.29, 1.82) is 0 Å². The highest BCUT2D eigenvalue weighted by molar-refractivity contribution is 7.80. The van der Waals surface area contributed by atoms with Crippen molar-refractivity contribution in [2.45, 2.75) is 27.2 Å². The average molecular weight is 342 g/mol. The third kappa shape index (κ3) is 4.55. The number of amides is 1. The number of para-hydroxylation sites is 1. The van der Waals surface area contributed by atoms with Crippen molar-refractivity contribution in [3.63, 3.8) is 0 Å². The van der Waals surface area contributed by atoms with Gasteiger partial charge in [-0.2, -0.15) is 0 Å². The first kappa shape index (κ1) is 17.9. The SMILES string of the molecule is CCOc1ccc(C(=O)NC(=S)Nc2c(C)cccc2CC)cc1. The van der Waals surface area contributed by atoms with E-state index in [0.717, 1.165) is 29.0 Å². The average Bonchev–Trinajstić information content (AvgIpc) is 2.57. The molecule has 0 saturated heterocycles. The molecule has 0 spiro atoms. The highest BCUT2D eigenvalue weighted by atomic mass is 32.1. The molecule has 0 aliphatic rings. The molecule has 2 rings (SSSR count). The molecule has 2 aromatic rings. The van der Waals surface area contributed by atoms with Crippen molar-refractivity contribution in [2.75, 3.05) is 11.9 Å². The molecule has 0 unspecified atom stereocenters. The summed E-state index contributed by atoms with van der Waals surface area (Å²) < 4.78 is 5.37. The molecular weight excluding hydrogens is 320 g/mol. The Morgan fingerprint density at radius 2 is 1.83 bits per heavy atom. The fourth-order valence-corrected chi connectivity index (χ4v) is 2.59. The van der Waals surface area contributed by atoms with Crippen molar-refractivity contribution in [2.24, 2.45) is 0 Å². The minimum absolute atomic E-state index is 0.248. The molecular formula is C19H22N2O2S. The number of hydrogen-bond donors (Lipinski definition) is 2. The van der Waals surface area contributed by atoms with Crippen LogP contribution in [0.4, 0.5) is 5.69 Å². The molecule has 0 aliphatic heterocycles. The van der Waals surface area contributed by atoms with E-state index in [2.05, 4.69) is 17.6 Å². The second-order valence-corrected chi connectivity index (χ2v) is 5.74. The van der Waals surface area contributed by atoms with Crippen molar-refractivity contribution in [1.82, 2.24) is 5.32 Å². The quantitative estimate of drug-likeness (QED) is 0.804. The minimum Gasteiger partial charge on any atom is -0.494 e. The van der Waals surface area contributed by atoms with E-state index in [9.17, 15) is 4.79 Å². The van der Waals surface area contributed by atoms with Gasteiger partial charge in [-0.15, -0.1) is 0 Å². The lowest BCUT2D eigenvalue weighted by molar-refractivity contribution is 0.0977. The highest BCUT2D eigenvalue weighted by Crippen LogP contribution is 2.21. The molecule has 0 heterocycles. The van der Waals surface area contributed by atoms with Gasteiger partial charge < -0.3 is 10.1 Å². The summed E-state index contributed by atoms with van der Waals surface area (Å²) in [5.41, 5.74) is 3.74. The van der Waals surface area contributed by atoms with Gasteiger partial charge in [0.05, 0.1) is 6.61 Å². The monoisotopic (exact) mass is 342 g/mol. The van der Waals surface area contributed by atoms with E-state index in [4.69, 9.17) is 17.0 Å². The number of ether oxygens (including phenoxy) is 1. The van der Waals surface area contributed by atoms with Crippen LogP contribution in [0.25, 0.3) is 0 Å². The minimum atomic E-state index is -0.248. The molecule has 0 bridgehead atoms. The van der Waals surface area contributed by atoms with Gasteiger partial charge in [0.2, 0.25) is 0 Å². The molecule has 2 N–H and O–H groups in total. The third-order valence-electron chi connectivity index (χ3n) is 3.63. The number of aryl methyl sites for hydroxylation is 2. The summed E-state index contributed by atoms with van der Waals surface area (Å²) in [6.07, 6.45) is 0.888. The Labute approximate surface area is 148 Å². The van der Waals surface area contributed by atoms with Crippen LogP contribution >= 0.6 is 12.2 Å². The fraction of sp³-hybridized carbons (Fsp3) is 0.263. The smallest absolute Gasteiger partial charge is 0.257 e. The van der Waals surface area contributed by atoms with Gasteiger partial charge in [0.25, 0.3) is 5.91 Å². The van der Waals surface area contributed by atoms with Gasteiger partial charge in [-0.25, -0.2) is 0 Å². The third-order valence-corrected chi connectivity index (χ3v) is 3.84. The summed E-state index contributed by atoms with van der Waals surface area (Å²) in [7, 11) is 0. The van der Waals surface area contributed by atoms with Crippen LogP contribution in [-0.2, 0) is 6.42 Å². The molecule has 0 fully saturated rings. The topological polar surface area (TPSA) is 50.4 Å². The second-order valence-electron chi connectivity index (χ2n) is 5.33. The largest absolute Gasteiger partial charge is 0.494 e. The maximum atomic E-state index is 12.3. The first-order chi connectivity index (χ1) is 11.5. The second kappa shape index (κ2) is 8.45. The van der Waals surface area contributed by atoms with Crippen LogP contribution in [0.3, 0.4) is 0 Å². The van der Waals surface area contributed by atoms with Gasteiger partial charge in [0.1, 0.15) is 5.75 Å². The molecule has 0 saturated carbocycles. The lowest BCUT2D eigenvalue weighted by atomic mass is 10.1. The van der Waals surface area contributed by atoms with Gasteiger partial charge in [-0.05, 0) is 67.9 Å². The molecule has 4 nitrogen and oxygen atoms in total. The molecule has 0 radical (unpaired) electrons. The van der Waals surface area contributed by atoms with Crippen molar-refractivity contribution in [3.8, 4) is 5.75 Å². The molecule has 2 aromatic carbocycles. The Bertz CT molecular complexity index is 727. The lowest BCUT2D eigenvalue weighted by Gasteiger charge is -2.15. The molecule has 126 valence electrons. The normalized spacial score (nSPS) is 10.1. The zero-order chi connectivity index (χ0) is 17.5. The van der Waals surface area contributed by atoms with Crippen LogP contribution in [0.5, 0.6) is 5.75 Å². The summed E-state index contributed by atoms with van der Waals surface area (Å²) in [5.74, 6) is 0.490. The summed E-state index contributed by atoms with van der Waals surface area (Å²) in [4.78, 5) is 12.3. The maximum Gasteiger partial charge on any atom is 0.257 e. The van der Waals surface area contributed by atoms with Crippen LogP contribution < -0.4 is 15.4 Å². The van der Waals surface area contributed by atoms with Gasteiger partial charge in [0, 0.05) is 11.3 Å². The van der Waals surface area contributed by atoms with E-state index in [0.29, 0.717) is 12.2 Å². The van der Waals surface area contributed by atoms with Gasteiger partial charge in [0.15, 0.2) is 5.11 Å². The van der Waals surface area contributed by atoms with Crippen LogP contribution in [-0.4, -0.2) is 17.6 Å². The fourth-order valence-electron chi connectivity index (χ4n) is 2.39. The van der Waals surface area contributed by atoms with Crippen LogP contribution in [0, 0.1) is 6.92 Å². The zero-order valence-corrected chi connectivity index (χ0v) is 15.0. The number of anilines is 1. The molecule has 1 amide bonds. The van der Waals surface area contributed by atoms with Crippen molar-refractivity contribution in [3.05, 3.63) is 59.2 Å². The first-order valence-electron chi connectivity index (χ1n) is 7.98. The number of rotatable bonds is 5. The first-order valence-corrected chi connectivity index (χ1v) is 8.39. The molecule has 24 heavy (non-hydrogen) atoms. The maximum absolute atomic E-state index is 12.3. The summed E-state index contributed by atoms with van der Waals surface area (Å²) in [6, 6.07) is 13.0. The molecule has 0 atom stereocenters. The van der Waals surface area contributed by atoms with Crippen molar-refractivity contribution < 1.29 is 9.53 Å². The Morgan fingerprint density at radius 1 is 1.12 bits per heavy atom. The van der Waals surface area contributed by atoms with Crippen molar-refractivity contribution >= 4 is 28.9 Å². The van der Waals surface area contributed by atoms with E-state index in [1.807, 2.05) is 32.0 Å². The number of thiocarbonyl (C=S) groups is 1. The Balaban J connectivity index is 2.03. The van der Waals surface area contributed by atoms with E-state index in [-0.39, 0.29) is 11.0 Å². The lowest BCUT2D eigenvalue weighted by Crippen LogP contribution is -2.34. The van der Waals surface area contributed by atoms with E-state index in [1.54, 1.807) is 24.3 Å². The summed E-state index contributed by atoms with van der Waals surface area (Å²) in [6.45, 7) is 6.61. The zero-order valence-electron chi connectivity index (χ0n) is 14.2. The number of nitrogens with one attached hydrogen (secondary N) is 2. The predicted octanol–water partition coefficient (Wildman–Crippen LogP) is 4.08. The van der Waals surface area contributed by atoms with E-state index in [1.165, 1.54) is 0 Å². The number of carbonyl (C=O) groups is 1. The molecule has 0 aliphatic carbocycles. The van der Waals surface area contributed by atoms with Gasteiger partial charge in [-0.1, -0.05) is 25.1 Å². The Kier molecular flexibility index (Phi) is 6.32. The standard InChI is InChI=1S/C19H22N2O2S/c1-4-14-8-6-7-13(3)17(14)20-19(24)21-18(22)15-9-11-16(12-10-15)23-5-2/h6-12H,4-5H2,1-3H3,(H2,20,21,22,24). The predicted molar refractivity (Wildman–Crippen MR) is 102 cm³/mol. The Hall–Kier alpha value is -2.40. The van der Waals surface area contributed by atoms with Gasteiger partial charge >= 0.3 is 0 Å². The summed E-state index contributed by atoms with van der Waals surface area (Å²) in [5, 5.41) is 6.14. The van der Waals surface area contributed by atoms with Crippen LogP contribution in [0.2, 0.25) is 0 Å². The van der Waals surface area contributed by atoms with Crippen LogP contribution in [0.15, 0.2) is 42.5 Å². The van der Waals surface area contributed by atoms with E-state index >= 15 is 0 Å². The number of hydrogen-bond acceptors (Lipinski definition) is 3. The summed E-state index contributed by atoms with van der Waals surface area (Å²) >= 11 is 5.28. The number of carbonyl (C=O) groups excluding carboxylic acids is 1.